The molecule has 0 aromatic carbocycles. The number of pyridine rings is 1. The lowest BCUT2D eigenvalue weighted by molar-refractivity contribution is 0.377. The van der Waals surface area contributed by atoms with Crippen LogP contribution in [-0.2, 0) is 6.42 Å². The van der Waals surface area contributed by atoms with E-state index in [1.165, 1.54) is 12.0 Å². The molecule has 0 saturated heterocycles. The normalized spacial score (nSPS) is 19.4. The Kier molecular flexibility index (Phi) is 4.00. The van der Waals surface area contributed by atoms with Gasteiger partial charge in [-0.3, -0.25) is 4.79 Å². The molecule has 2 N–H and O–H groups in total. The van der Waals surface area contributed by atoms with E-state index in [1.807, 2.05) is 6.07 Å². The lowest BCUT2D eigenvalue weighted by Gasteiger charge is -2.29. The van der Waals surface area contributed by atoms with Crippen molar-refractivity contribution in [3.05, 3.63) is 33.7 Å². The van der Waals surface area contributed by atoms with Gasteiger partial charge in [0.2, 0.25) is 5.56 Å². The molecule has 1 aromatic rings. The zero-order chi connectivity index (χ0) is 12.3. The summed E-state index contributed by atoms with van der Waals surface area (Å²) in [5, 5.41) is 3.71. The van der Waals surface area contributed by atoms with Gasteiger partial charge in [0.05, 0.1) is 0 Å². The standard InChI is InChI=1S/C14H22N2O/c1-3-10(4-2)15-12-6-5-7-13-11(12)8-9-14(17)16-13/h8-10,12,15H,3-7H2,1-2H3,(H,16,17). The van der Waals surface area contributed by atoms with Gasteiger partial charge in [-0.1, -0.05) is 19.9 Å². The summed E-state index contributed by atoms with van der Waals surface area (Å²) in [5.41, 5.74) is 2.45. The first kappa shape index (κ1) is 12.4. The van der Waals surface area contributed by atoms with E-state index in [2.05, 4.69) is 24.1 Å². The molecular weight excluding hydrogens is 212 g/mol. The predicted molar refractivity (Wildman–Crippen MR) is 70.2 cm³/mol. The van der Waals surface area contributed by atoms with Crippen LogP contribution >= 0.6 is 0 Å². The minimum Gasteiger partial charge on any atom is -0.326 e. The van der Waals surface area contributed by atoms with Crippen molar-refractivity contribution in [2.75, 3.05) is 0 Å². The smallest absolute Gasteiger partial charge is 0.248 e. The molecule has 1 aliphatic rings. The van der Waals surface area contributed by atoms with Gasteiger partial charge in [0.1, 0.15) is 0 Å². The summed E-state index contributed by atoms with van der Waals surface area (Å²) in [5.74, 6) is 0. The zero-order valence-corrected chi connectivity index (χ0v) is 10.8. The molecule has 1 atom stereocenters. The minimum absolute atomic E-state index is 0.0203. The second kappa shape index (κ2) is 5.50. The molecule has 94 valence electrons. The first-order valence-electron chi connectivity index (χ1n) is 6.72. The first-order valence-corrected chi connectivity index (χ1v) is 6.72. The molecule has 1 heterocycles. The van der Waals surface area contributed by atoms with E-state index in [9.17, 15) is 4.79 Å². The lowest BCUT2D eigenvalue weighted by atomic mass is 9.90. The van der Waals surface area contributed by atoms with Gasteiger partial charge >= 0.3 is 0 Å². The molecular formula is C14H22N2O. The maximum absolute atomic E-state index is 11.3. The molecule has 3 heteroatoms. The summed E-state index contributed by atoms with van der Waals surface area (Å²) in [4.78, 5) is 14.3. The van der Waals surface area contributed by atoms with Crippen molar-refractivity contribution in [3.63, 3.8) is 0 Å². The molecule has 1 unspecified atom stereocenters. The van der Waals surface area contributed by atoms with Crippen molar-refractivity contribution in [1.82, 2.24) is 10.3 Å². The second-order valence-electron chi connectivity index (χ2n) is 4.88. The summed E-state index contributed by atoms with van der Waals surface area (Å²) in [6, 6.07) is 4.64. The molecule has 0 aliphatic heterocycles. The average molecular weight is 234 g/mol. The van der Waals surface area contributed by atoms with E-state index in [-0.39, 0.29) is 5.56 Å². The Morgan fingerprint density at radius 3 is 2.88 bits per heavy atom. The second-order valence-corrected chi connectivity index (χ2v) is 4.88. The number of nitrogens with one attached hydrogen (secondary N) is 2. The van der Waals surface area contributed by atoms with Gasteiger partial charge < -0.3 is 10.3 Å². The van der Waals surface area contributed by atoms with E-state index < -0.39 is 0 Å². The van der Waals surface area contributed by atoms with E-state index in [1.54, 1.807) is 6.07 Å². The summed E-state index contributed by atoms with van der Waals surface area (Å²) < 4.78 is 0. The monoisotopic (exact) mass is 234 g/mol. The molecule has 0 bridgehead atoms. The van der Waals surface area contributed by atoms with Crippen LogP contribution in [0, 0.1) is 0 Å². The third-order valence-corrected chi connectivity index (χ3v) is 3.75. The van der Waals surface area contributed by atoms with E-state index in [0.29, 0.717) is 12.1 Å². The van der Waals surface area contributed by atoms with Crippen LogP contribution in [0.15, 0.2) is 16.9 Å². The summed E-state index contributed by atoms with van der Waals surface area (Å²) in [7, 11) is 0. The van der Waals surface area contributed by atoms with Crippen molar-refractivity contribution in [3.8, 4) is 0 Å². The number of hydrogen-bond donors (Lipinski definition) is 2. The highest BCUT2D eigenvalue weighted by Gasteiger charge is 2.22. The van der Waals surface area contributed by atoms with E-state index in [4.69, 9.17) is 0 Å². The fourth-order valence-corrected chi connectivity index (χ4v) is 2.68. The molecule has 1 aliphatic carbocycles. The van der Waals surface area contributed by atoms with Crippen LogP contribution in [0.2, 0.25) is 0 Å². The molecule has 2 rings (SSSR count). The summed E-state index contributed by atoms with van der Waals surface area (Å²) in [6.45, 7) is 4.44. The van der Waals surface area contributed by atoms with Crippen molar-refractivity contribution in [2.24, 2.45) is 0 Å². The maximum Gasteiger partial charge on any atom is 0.248 e. The van der Waals surface area contributed by atoms with E-state index >= 15 is 0 Å². The lowest BCUT2D eigenvalue weighted by Crippen LogP contribution is -2.34. The van der Waals surface area contributed by atoms with Crippen LogP contribution in [0.25, 0.3) is 0 Å². The minimum atomic E-state index is 0.0203. The van der Waals surface area contributed by atoms with Gasteiger partial charge in [0.15, 0.2) is 0 Å². The average Bonchev–Trinajstić information content (AvgIpc) is 2.35. The zero-order valence-electron chi connectivity index (χ0n) is 10.8. The van der Waals surface area contributed by atoms with Gasteiger partial charge in [-0.2, -0.15) is 0 Å². The summed E-state index contributed by atoms with van der Waals surface area (Å²) in [6.07, 6.45) is 5.66. The third kappa shape index (κ3) is 2.78. The number of H-pyrrole nitrogens is 1. The molecule has 17 heavy (non-hydrogen) atoms. The van der Waals surface area contributed by atoms with Crippen molar-refractivity contribution in [2.45, 2.75) is 58.0 Å². The maximum atomic E-state index is 11.3. The molecule has 0 fully saturated rings. The highest BCUT2D eigenvalue weighted by molar-refractivity contribution is 5.26. The van der Waals surface area contributed by atoms with Gasteiger partial charge in [-0.25, -0.2) is 0 Å². The van der Waals surface area contributed by atoms with Crippen molar-refractivity contribution >= 4 is 0 Å². The SMILES string of the molecule is CCC(CC)NC1CCCc2[nH]c(=O)ccc21. The Morgan fingerprint density at radius 1 is 1.41 bits per heavy atom. The Bertz CT molecular complexity index is 420. The topological polar surface area (TPSA) is 44.9 Å². The van der Waals surface area contributed by atoms with Gasteiger partial charge in [-0.15, -0.1) is 0 Å². The molecule has 0 amide bonds. The molecule has 0 radical (unpaired) electrons. The van der Waals surface area contributed by atoms with Crippen LogP contribution in [0.4, 0.5) is 0 Å². The highest BCUT2D eigenvalue weighted by atomic mass is 16.1. The number of aromatic nitrogens is 1. The highest BCUT2D eigenvalue weighted by Crippen LogP contribution is 2.28. The van der Waals surface area contributed by atoms with Crippen LogP contribution in [0.1, 0.15) is 56.8 Å². The van der Waals surface area contributed by atoms with Crippen LogP contribution < -0.4 is 10.9 Å². The molecule has 1 aromatic heterocycles. The third-order valence-electron chi connectivity index (χ3n) is 3.75. The Labute approximate surface area is 103 Å². The largest absolute Gasteiger partial charge is 0.326 e. The fourth-order valence-electron chi connectivity index (χ4n) is 2.68. The quantitative estimate of drug-likeness (QED) is 0.841. The van der Waals surface area contributed by atoms with Gasteiger partial charge in [-0.05, 0) is 37.7 Å². The van der Waals surface area contributed by atoms with Crippen molar-refractivity contribution < 1.29 is 0 Å². The molecule has 3 nitrogen and oxygen atoms in total. The number of aryl methyl sites for hydroxylation is 1. The van der Waals surface area contributed by atoms with Crippen LogP contribution in [0.5, 0.6) is 0 Å². The number of fused-ring (bicyclic) bond motifs is 1. The van der Waals surface area contributed by atoms with Crippen molar-refractivity contribution in [1.29, 1.82) is 0 Å². The molecule has 0 saturated carbocycles. The number of aromatic amines is 1. The van der Waals surface area contributed by atoms with Crippen LogP contribution in [-0.4, -0.2) is 11.0 Å². The van der Waals surface area contributed by atoms with E-state index in [0.717, 1.165) is 31.4 Å². The first-order chi connectivity index (χ1) is 8.24. The fraction of sp³-hybridized carbons (Fsp3) is 0.643. The van der Waals surface area contributed by atoms with Gasteiger partial charge in [0, 0.05) is 23.8 Å². The van der Waals surface area contributed by atoms with Crippen LogP contribution in [0.3, 0.4) is 0 Å². The Balaban J connectivity index is 2.19. The Hall–Kier alpha value is -1.09. The summed E-state index contributed by atoms with van der Waals surface area (Å²) >= 11 is 0. The predicted octanol–water partition coefficient (Wildman–Crippen LogP) is 2.53. The Morgan fingerprint density at radius 2 is 2.18 bits per heavy atom. The van der Waals surface area contributed by atoms with Gasteiger partial charge in [0.25, 0.3) is 0 Å². The molecule has 0 spiro atoms. The number of rotatable bonds is 4. The number of hydrogen-bond acceptors (Lipinski definition) is 2.